The summed E-state index contributed by atoms with van der Waals surface area (Å²) in [5.74, 6) is 1.23. The number of piperidine rings is 3. The van der Waals surface area contributed by atoms with Crippen LogP contribution >= 0.6 is 0 Å². The third-order valence-corrected chi connectivity index (χ3v) is 5.45. The number of nitrogens with zero attached hydrogens (tertiary/aromatic N) is 3. The van der Waals surface area contributed by atoms with Gasteiger partial charge in [-0.3, -0.25) is 9.58 Å². The molecule has 3 fully saturated rings. The minimum absolute atomic E-state index is 0.296. The number of aliphatic hydroxyl groups is 1. The van der Waals surface area contributed by atoms with Gasteiger partial charge >= 0.3 is 0 Å². The van der Waals surface area contributed by atoms with Crippen molar-refractivity contribution in [2.75, 3.05) is 19.7 Å². The van der Waals surface area contributed by atoms with Crippen LogP contribution in [0.1, 0.15) is 24.5 Å². The Labute approximate surface area is 131 Å². The van der Waals surface area contributed by atoms with Gasteiger partial charge in [-0.1, -0.05) is 30.3 Å². The van der Waals surface area contributed by atoms with E-state index >= 15 is 0 Å². The normalized spacial score (nSPS) is 30.6. The number of hydrogen-bond acceptors (Lipinski definition) is 3. The maximum absolute atomic E-state index is 9.52. The van der Waals surface area contributed by atoms with Gasteiger partial charge in [0, 0.05) is 36.8 Å². The van der Waals surface area contributed by atoms with Crippen LogP contribution in [-0.2, 0) is 7.05 Å². The molecule has 0 radical (unpaired) electrons. The highest BCUT2D eigenvalue weighted by Gasteiger charge is 2.41. The van der Waals surface area contributed by atoms with Crippen molar-refractivity contribution in [1.29, 1.82) is 0 Å². The molecule has 3 aliphatic heterocycles. The van der Waals surface area contributed by atoms with Gasteiger partial charge in [-0.05, 0) is 31.4 Å². The zero-order valence-corrected chi connectivity index (χ0v) is 13.0. The summed E-state index contributed by atoms with van der Waals surface area (Å²) < 4.78 is 2.06. The van der Waals surface area contributed by atoms with Gasteiger partial charge in [-0.25, -0.2) is 0 Å². The molecule has 4 nitrogen and oxygen atoms in total. The molecule has 2 aromatic rings. The van der Waals surface area contributed by atoms with E-state index in [1.54, 1.807) is 0 Å². The molecular formula is C18H23N3O. The van der Waals surface area contributed by atoms with Crippen molar-refractivity contribution in [2.45, 2.75) is 24.8 Å². The molecule has 22 heavy (non-hydrogen) atoms. The van der Waals surface area contributed by atoms with Crippen LogP contribution in [0.4, 0.5) is 0 Å². The molecule has 3 saturated heterocycles. The zero-order valence-electron chi connectivity index (χ0n) is 13.0. The molecule has 5 rings (SSSR count). The molecular weight excluding hydrogens is 274 g/mol. The Kier molecular flexibility index (Phi) is 3.51. The van der Waals surface area contributed by atoms with E-state index in [0.717, 1.165) is 25.2 Å². The summed E-state index contributed by atoms with van der Waals surface area (Å²) in [5.41, 5.74) is 3.58. The predicted molar refractivity (Wildman–Crippen MR) is 86.6 cm³/mol. The summed E-state index contributed by atoms with van der Waals surface area (Å²) >= 11 is 0. The van der Waals surface area contributed by atoms with E-state index in [1.165, 1.54) is 17.7 Å². The van der Waals surface area contributed by atoms with Crippen LogP contribution < -0.4 is 0 Å². The summed E-state index contributed by atoms with van der Waals surface area (Å²) in [4.78, 5) is 2.46. The first-order valence-electron chi connectivity index (χ1n) is 8.20. The first-order chi connectivity index (χ1) is 10.8. The molecule has 1 unspecified atom stereocenters. The lowest BCUT2D eigenvalue weighted by Crippen LogP contribution is -2.53. The first kappa shape index (κ1) is 14.0. The average Bonchev–Trinajstić information content (AvgIpc) is 2.97. The summed E-state index contributed by atoms with van der Waals surface area (Å²) in [7, 11) is 2.06. The molecule has 0 spiro atoms. The number of fused-ring (bicyclic) bond motifs is 3. The van der Waals surface area contributed by atoms with Crippen LogP contribution in [0.5, 0.6) is 0 Å². The Morgan fingerprint density at radius 1 is 1.27 bits per heavy atom. The van der Waals surface area contributed by atoms with Crippen molar-refractivity contribution in [1.82, 2.24) is 14.7 Å². The highest BCUT2D eigenvalue weighted by atomic mass is 16.3. The number of aryl methyl sites for hydroxylation is 1. The van der Waals surface area contributed by atoms with Crippen molar-refractivity contribution < 1.29 is 5.11 Å². The fourth-order valence-electron chi connectivity index (χ4n) is 4.24. The highest BCUT2D eigenvalue weighted by Crippen LogP contribution is 2.42. The summed E-state index contributed by atoms with van der Waals surface area (Å²) in [5, 5.41) is 14.2. The Bertz CT molecular complexity index is 652. The summed E-state index contributed by atoms with van der Waals surface area (Å²) in [6, 6.07) is 13.0. The Hall–Kier alpha value is -1.65. The molecule has 0 amide bonds. The second-order valence-electron chi connectivity index (χ2n) is 6.67. The Balaban J connectivity index is 1.63. The third-order valence-electron chi connectivity index (χ3n) is 5.45. The van der Waals surface area contributed by atoms with E-state index < -0.39 is 0 Å². The smallest absolute Gasteiger partial charge is 0.0926 e. The number of hydrogen-bond donors (Lipinski definition) is 1. The van der Waals surface area contributed by atoms with E-state index in [2.05, 4.69) is 47.0 Å². The van der Waals surface area contributed by atoms with E-state index in [0.29, 0.717) is 24.5 Å². The molecule has 1 aromatic heterocycles. The molecule has 4 heterocycles. The van der Waals surface area contributed by atoms with Gasteiger partial charge in [0.1, 0.15) is 0 Å². The topological polar surface area (TPSA) is 41.3 Å². The summed E-state index contributed by atoms with van der Waals surface area (Å²) in [6.07, 6.45) is 2.36. The monoisotopic (exact) mass is 297 g/mol. The van der Waals surface area contributed by atoms with Gasteiger partial charge in [0.2, 0.25) is 0 Å². The lowest BCUT2D eigenvalue weighted by atomic mass is 9.74. The largest absolute Gasteiger partial charge is 0.395 e. The fraction of sp³-hybridized carbons (Fsp3) is 0.500. The first-order valence-corrected chi connectivity index (χ1v) is 8.20. The Morgan fingerprint density at radius 2 is 2.09 bits per heavy atom. The van der Waals surface area contributed by atoms with Crippen molar-refractivity contribution >= 4 is 0 Å². The number of rotatable bonds is 3. The molecule has 3 aliphatic rings. The van der Waals surface area contributed by atoms with Crippen LogP contribution in [-0.4, -0.2) is 45.5 Å². The van der Waals surface area contributed by atoms with E-state index in [-0.39, 0.29) is 0 Å². The van der Waals surface area contributed by atoms with Gasteiger partial charge in [0.15, 0.2) is 0 Å². The molecule has 1 aromatic carbocycles. The van der Waals surface area contributed by atoms with Gasteiger partial charge in [0.25, 0.3) is 0 Å². The SMILES string of the molecule is Cn1nc(-c2ccccc2)cc1[C@H]1CN2CC[C@@H]1C[C@@H]2CO. The molecule has 0 saturated carbocycles. The second kappa shape index (κ2) is 5.52. The fourth-order valence-corrected chi connectivity index (χ4v) is 4.24. The number of benzene rings is 1. The standard InChI is InChI=1S/C18H23N3O/c1-20-18(10-17(19-20)13-5-3-2-4-6-13)16-11-21-8-7-14(16)9-15(21)12-22/h2-6,10,14-16,22H,7-9,11-12H2,1H3/t14-,15-,16+/m1/s1. The number of aromatic nitrogens is 2. The van der Waals surface area contributed by atoms with Crippen LogP contribution in [0.2, 0.25) is 0 Å². The van der Waals surface area contributed by atoms with Gasteiger partial charge < -0.3 is 5.11 Å². The molecule has 4 atom stereocenters. The van der Waals surface area contributed by atoms with Crippen molar-refractivity contribution in [3.8, 4) is 11.3 Å². The van der Waals surface area contributed by atoms with Crippen LogP contribution in [0.15, 0.2) is 36.4 Å². The van der Waals surface area contributed by atoms with E-state index in [1.807, 2.05) is 6.07 Å². The molecule has 116 valence electrons. The summed E-state index contributed by atoms with van der Waals surface area (Å²) in [6.45, 7) is 2.49. The maximum atomic E-state index is 9.52. The lowest BCUT2D eigenvalue weighted by molar-refractivity contribution is 0.00105. The van der Waals surface area contributed by atoms with E-state index in [9.17, 15) is 5.11 Å². The molecule has 2 bridgehead atoms. The van der Waals surface area contributed by atoms with Gasteiger partial charge in [0.05, 0.1) is 12.3 Å². The predicted octanol–water partition coefficient (Wildman–Crippen LogP) is 2.26. The van der Waals surface area contributed by atoms with Crippen LogP contribution in [0, 0.1) is 5.92 Å². The second-order valence-corrected chi connectivity index (χ2v) is 6.67. The van der Waals surface area contributed by atoms with Crippen LogP contribution in [0.3, 0.4) is 0 Å². The van der Waals surface area contributed by atoms with Gasteiger partial charge in [-0.2, -0.15) is 5.10 Å². The quantitative estimate of drug-likeness (QED) is 0.945. The zero-order chi connectivity index (χ0) is 15.1. The minimum atomic E-state index is 0.296. The van der Waals surface area contributed by atoms with Crippen molar-refractivity contribution in [2.24, 2.45) is 13.0 Å². The lowest BCUT2D eigenvalue weighted by Gasteiger charge is -2.49. The third kappa shape index (κ3) is 2.27. The average molecular weight is 297 g/mol. The highest BCUT2D eigenvalue weighted by molar-refractivity contribution is 5.59. The maximum Gasteiger partial charge on any atom is 0.0926 e. The van der Waals surface area contributed by atoms with Crippen molar-refractivity contribution in [3.63, 3.8) is 0 Å². The van der Waals surface area contributed by atoms with E-state index in [4.69, 9.17) is 5.10 Å². The Morgan fingerprint density at radius 3 is 2.77 bits per heavy atom. The molecule has 0 aliphatic carbocycles. The molecule has 4 heteroatoms. The molecule has 1 N–H and O–H groups in total. The van der Waals surface area contributed by atoms with Gasteiger partial charge in [-0.15, -0.1) is 0 Å². The minimum Gasteiger partial charge on any atom is -0.395 e. The van der Waals surface area contributed by atoms with Crippen molar-refractivity contribution in [3.05, 3.63) is 42.1 Å². The van der Waals surface area contributed by atoms with Crippen LogP contribution in [0.25, 0.3) is 11.3 Å². The number of aliphatic hydroxyl groups excluding tert-OH is 1.